The normalized spacial score (nSPS) is 16.3. The zero-order valence-corrected chi connectivity index (χ0v) is 18.5. The molecule has 0 saturated carbocycles. The summed E-state index contributed by atoms with van der Waals surface area (Å²) in [7, 11) is 0. The van der Waals surface area contributed by atoms with Gasteiger partial charge in [0.15, 0.2) is 5.16 Å². The number of thiophene rings is 1. The molecule has 1 aliphatic carbocycles. The van der Waals surface area contributed by atoms with E-state index in [1.54, 1.807) is 40.2 Å². The van der Waals surface area contributed by atoms with Crippen molar-refractivity contribution in [2.45, 2.75) is 31.3 Å². The molecule has 3 heterocycles. The van der Waals surface area contributed by atoms with Crippen LogP contribution in [0.15, 0.2) is 34.2 Å². The molecule has 0 aliphatic heterocycles. The highest BCUT2D eigenvalue weighted by molar-refractivity contribution is 7.99. The minimum absolute atomic E-state index is 0.0878. The lowest BCUT2D eigenvalue weighted by atomic mass is 9.89. The van der Waals surface area contributed by atoms with Crippen LogP contribution in [0.4, 0.5) is 0 Å². The van der Waals surface area contributed by atoms with Crippen LogP contribution in [0, 0.1) is 5.92 Å². The summed E-state index contributed by atoms with van der Waals surface area (Å²) < 4.78 is 3.46. The minimum atomic E-state index is -0.432. The first-order chi connectivity index (χ1) is 14.4. The third kappa shape index (κ3) is 3.12. The summed E-state index contributed by atoms with van der Waals surface area (Å²) in [5, 5.41) is 10.4. The first-order valence-electron chi connectivity index (χ1n) is 9.55. The number of aryl methyl sites for hydroxylation is 1. The number of nitrogens with two attached hydrogens (primary N) is 1. The van der Waals surface area contributed by atoms with Crippen LogP contribution < -0.4 is 11.3 Å². The molecule has 3 aromatic heterocycles. The van der Waals surface area contributed by atoms with Crippen molar-refractivity contribution in [1.29, 1.82) is 0 Å². The van der Waals surface area contributed by atoms with E-state index in [1.165, 1.54) is 16.6 Å². The predicted octanol–water partition coefficient (Wildman–Crippen LogP) is 3.45. The van der Waals surface area contributed by atoms with Crippen LogP contribution in [-0.2, 0) is 17.6 Å². The van der Waals surface area contributed by atoms with Crippen molar-refractivity contribution in [1.82, 2.24) is 19.2 Å². The zero-order valence-electron chi connectivity index (χ0n) is 16.1. The molecule has 7 nitrogen and oxygen atoms in total. The summed E-state index contributed by atoms with van der Waals surface area (Å²) in [6, 6.07) is 7.08. The molecule has 30 heavy (non-hydrogen) atoms. The van der Waals surface area contributed by atoms with Crippen molar-refractivity contribution in [2.75, 3.05) is 5.75 Å². The molecule has 10 heteroatoms. The summed E-state index contributed by atoms with van der Waals surface area (Å²) in [5.41, 5.74) is 7.02. The molecule has 1 unspecified atom stereocenters. The Balaban J connectivity index is 1.87. The Morgan fingerprint density at radius 1 is 1.33 bits per heavy atom. The molecule has 2 N–H and O–H groups in total. The fourth-order valence-electron chi connectivity index (χ4n) is 3.96. The maximum absolute atomic E-state index is 13.7. The van der Waals surface area contributed by atoms with E-state index < -0.39 is 5.91 Å². The molecule has 0 saturated heterocycles. The maximum Gasteiger partial charge on any atom is 0.268 e. The van der Waals surface area contributed by atoms with E-state index in [-0.39, 0.29) is 11.3 Å². The summed E-state index contributed by atoms with van der Waals surface area (Å²) in [6.45, 7) is 2.22. The average Bonchev–Trinajstić information content (AvgIpc) is 3.29. The van der Waals surface area contributed by atoms with Crippen LogP contribution in [0.1, 0.15) is 23.8 Å². The molecule has 0 bridgehead atoms. The second-order valence-electron chi connectivity index (χ2n) is 7.52. The number of amides is 1. The summed E-state index contributed by atoms with van der Waals surface area (Å²) in [5.74, 6) is 0.593. The third-order valence-corrected chi connectivity index (χ3v) is 7.83. The van der Waals surface area contributed by atoms with Gasteiger partial charge in [-0.15, -0.1) is 21.5 Å². The van der Waals surface area contributed by atoms with Crippen molar-refractivity contribution >= 4 is 56.6 Å². The van der Waals surface area contributed by atoms with E-state index in [1.807, 2.05) is 4.40 Å². The van der Waals surface area contributed by atoms with Crippen molar-refractivity contribution in [3.63, 3.8) is 0 Å². The maximum atomic E-state index is 13.7. The highest BCUT2D eigenvalue weighted by Crippen LogP contribution is 2.38. The fraction of sp³-hybridized carbons (Fsp3) is 0.300. The largest absolute Gasteiger partial charge is 0.369 e. The molecular weight excluding hydrogens is 442 g/mol. The molecule has 0 radical (unpaired) electrons. The van der Waals surface area contributed by atoms with E-state index in [0.717, 1.165) is 29.7 Å². The Hall–Kier alpha value is -2.36. The number of halogens is 1. The molecular formula is C20H18ClN5O2S2. The first kappa shape index (κ1) is 19.6. The molecule has 1 aromatic carbocycles. The van der Waals surface area contributed by atoms with Gasteiger partial charge in [0.2, 0.25) is 11.7 Å². The van der Waals surface area contributed by atoms with E-state index in [9.17, 15) is 9.59 Å². The van der Waals surface area contributed by atoms with Crippen molar-refractivity contribution in [2.24, 2.45) is 11.7 Å². The highest BCUT2D eigenvalue weighted by atomic mass is 35.5. The monoisotopic (exact) mass is 459 g/mol. The molecule has 5 rings (SSSR count). The number of aromatic nitrogens is 4. The van der Waals surface area contributed by atoms with Gasteiger partial charge in [-0.1, -0.05) is 30.3 Å². The van der Waals surface area contributed by atoms with Crippen molar-refractivity contribution < 1.29 is 4.79 Å². The molecule has 4 aromatic rings. The van der Waals surface area contributed by atoms with Crippen LogP contribution in [0.2, 0.25) is 5.02 Å². The standard InChI is InChI=1S/C20H18ClN5O2S2/c1-10-2-7-14-13(8-10)16-17(28)25(12-5-3-11(21)4-6-12)19-23-24-20(29-9-15(22)27)26(19)18(16)30-14/h3-6,10H,2,7-9H2,1H3,(H2,22,27). The second kappa shape index (κ2) is 7.40. The van der Waals surface area contributed by atoms with Crippen LogP contribution in [0.5, 0.6) is 0 Å². The van der Waals surface area contributed by atoms with E-state index >= 15 is 0 Å². The average molecular weight is 460 g/mol. The zero-order chi connectivity index (χ0) is 21.0. The Labute approximate surface area is 184 Å². The Morgan fingerprint density at radius 2 is 2.10 bits per heavy atom. The number of rotatable bonds is 4. The highest BCUT2D eigenvalue weighted by Gasteiger charge is 2.27. The quantitative estimate of drug-likeness (QED) is 0.471. The van der Waals surface area contributed by atoms with Gasteiger partial charge in [-0.2, -0.15) is 0 Å². The summed E-state index contributed by atoms with van der Waals surface area (Å²) >= 11 is 8.90. The lowest BCUT2D eigenvalue weighted by Crippen LogP contribution is -2.23. The number of fused-ring (bicyclic) bond motifs is 5. The number of hydrogen-bond donors (Lipinski definition) is 1. The van der Waals surface area contributed by atoms with Crippen LogP contribution in [-0.4, -0.2) is 30.8 Å². The van der Waals surface area contributed by atoms with E-state index in [0.29, 0.717) is 32.9 Å². The number of benzene rings is 1. The number of primary amides is 1. The topological polar surface area (TPSA) is 95.3 Å². The smallest absolute Gasteiger partial charge is 0.268 e. The van der Waals surface area contributed by atoms with Gasteiger partial charge in [0, 0.05) is 9.90 Å². The van der Waals surface area contributed by atoms with E-state index in [2.05, 4.69) is 17.1 Å². The number of hydrogen-bond acceptors (Lipinski definition) is 6. The molecule has 1 aliphatic rings. The molecule has 1 atom stereocenters. The SMILES string of the molecule is CC1CCc2sc3c(c2C1)c(=O)n(-c1ccc(Cl)cc1)c1nnc(SCC(N)=O)n31. The second-order valence-corrected chi connectivity index (χ2v) is 9.98. The third-order valence-electron chi connectivity index (χ3n) is 5.35. The summed E-state index contributed by atoms with van der Waals surface area (Å²) in [6.07, 6.45) is 2.95. The van der Waals surface area contributed by atoms with Crippen molar-refractivity contribution in [3.8, 4) is 5.69 Å². The molecule has 0 spiro atoms. The van der Waals surface area contributed by atoms with Gasteiger partial charge >= 0.3 is 0 Å². The number of thioether (sulfide) groups is 1. The lowest BCUT2D eigenvalue weighted by molar-refractivity contribution is -0.115. The van der Waals surface area contributed by atoms with Crippen LogP contribution in [0.3, 0.4) is 0 Å². The van der Waals surface area contributed by atoms with Gasteiger partial charge in [-0.3, -0.25) is 9.59 Å². The van der Waals surface area contributed by atoms with Crippen molar-refractivity contribution in [3.05, 3.63) is 50.1 Å². The van der Waals surface area contributed by atoms with Gasteiger partial charge in [0.25, 0.3) is 5.56 Å². The Kier molecular flexibility index (Phi) is 4.83. The van der Waals surface area contributed by atoms with Gasteiger partial charge in [0.1, 0.15) is 4.83 Å². The van der Waals surface area contributed by atoms with Gasteiger partial charge in [0.05, 0.1) is 16.8 Å². The predicted molar refractivity (Wildman–Crippen MR) is 120 cm³/mol. The number of carbonyl (C=O) groups excluding carboxylic acids is 1. The van der Waals surface area contributed by atoms with Crippen LogP contribution in [0.25, 0.3) is 21.7 Å². The molecule has 154 valence electrons. The number of carbonyl (C=O) groups is 1. The van der Waals surface area contributed by atoms with Gasteiger partial charge in [-0.25, -0.2) is 8.97 Å². The van der Waals surface area contributed by atoms with Crippen LogP contribution >= 0.6 is 34.7 Å². The number of nitrogens with zero attached hydrogens (tertiary/aromatic N) is 4. The lowest BCUT2D eigenvalue weighted by Gasteiger charge is -2.18. The fourth-order valence-corrected chi connectivity index (χ4v) is 6.15. The summed E-state index contributed by atoms with van der Waals surface area (Å²) in [4.78, 5) is 27.1. The Morgan fingerprint density at radius 3 is 2.83 bits per heavy atom. The van der Waals surface area contributed by atoms with Gasteiger partial charge in [-0.05, 0) is 55.0 Å². The minimum Gasteiger partial charge on any atom is -0.369 e. The van der Waals surface area contributed by atoms with E-state index in [4.69, 9.17) is 17.3 Å². The Bertz CT molecular complexity index is 1360. The van der Waals surface area contributed by atoms with Gasteiger partial charge < -0.3 is 5.73 Å². The molecule has 0 fully saturated rings. The first-order valence-corrected chi connectivity index (χ1v) is 11.7. The molecule has 1 amide bonds.